The average molecular weight is 439 g/mol. The third-order valence-corrected chi connectivity index (χ3v) is 6.82. The molecule has 32 heavy (non-hydrogen) atoms. The summed E-state index contributed by atoms with van der Waals surface area (Å²) < 4.78 is 2.08. The van der Waals surface area contributed by atoms with Crippen LogP contribution in [0.3, 0.4) is 0 Å². The van der Waals surface area contributed by atoms with Crippen molar-refractivity contribution in [3.8, 4) is 0 Å². The van der Waals surface area contributed by atoms with Crippen LogP contribution in [0.15, 0.2) is 18.6 Å². The average Bonchev–Trinajstić information content (AvgIpc) is 3.40. The minimum absolute atomic E-state index is 0.290. The van der Waals surface area contributed by atoms with Crippen molar-refractivity contribution in [2.75, 3.05) is 50.4 Å². The van der Waals surface area contributed by atoms with E-state index in [0.717, 1.165) is 69.9 Å². The summed E-state index contributed by atoms with van der Waals surface area (Å²) in [7, 11) is 2.17. The van der Waals surface area contributed by atoms with Crippen LogP contribution < -0.4 is 10.6 Å². The Morgan fingerprint density at radius 2 is 1.97 bits per heavy atom. The van der Waals surface area contributed by atoms with Gasteiger partial charge >= 0.3 is 0 Å². The summed E-state index contributed by atoms with van der Waals surface area (Å²) in [5.41, 5.74) is 2.12. The van der Waals surface area contributed by atoms with Gasteiger partial charge in [0.05, 0.1) is 17.9 Å². The highest BCUT2D eigenvalue weighted by Crippen LogP contribution is 2.42. The molecule has 2 N–H and O–H groups in total. The van der Waals surface area contributed by atoms with Gasteiger partial charge in [0.15, 0.2) is 0 Å². The van der Waals surface area contributed by atoms with E-state index in [-0.39, 0.29) is 5.91 Å². The van der Waals surface area contributed by atoms with Crippen LogP contribution in [0.1, 0.15) is 62.5 Å². The smallest absolute Gasteiger partial charge is 0.229 e. The number of nitrogens with zero attached hydrogens (tertiary/aromatic N) is 6. The zero-order chi connectivity index (χ0) is 21.9. The second-order valence-electron chi connectivity index (χ2n) is 9.40. The first-order valence-corrected chi connectivity index (χ1v) is 12.0. The van der Waals surface area contributed by atoms with Crippen molar-refractivity contribution in [1.82, 2.24) is 29.5 Å². The number of anilines is 3. The number of carbonyl (C=O) groups is 1. The number of carbonyl (C=O) groups excluding carboxylic acids is 1. The van der Waals surface area contributed by atoms with Crippen LogP contribution in [-0.4, -0.2) is 75.2 Å². The lowest BCUT2D eigenvalue weighted by Crippen LogP contribution is -2.31. The van der Waals surface area contributed by atoms with E-state index in [0.29, 0.717) is 24.3 Å². The maximum absolute atomic E-state index is 11.8. The molecule has 0 unspecified atom stereocenters. The van der Waals surface area contributed by atoms with E-state index in [1.807, 2.05) is 17.3 Å². The lowest BCUT2D eigenvalue weighted by Gasteiger charge is -2.28. The van der Waals surface area contributed by atoms with Gasteiger partial charge in [-0.25, -0.2) is 4.98 Å². The fourth-order valence-corrected chi connectivity index (χ4v) is 4.69. The highest BCUT2D eigenvalue weighted by atomic mass is 16.2. The molecule has 1 aliphatic carbocycles. The minimum atomic E-state index is 0.290. The Kier molecular flexibility index (Phi) is 6.25. The van der Waals surface area contributed by atoms with Gasteiger partial charge in [-0.3, -0.25) is 9.48 Å². The van der Waals surface area contributed by atoms with Gasteiger partial charge in [-0.1, -0.05) is 0 Å². The molecule has 0 bridgehead atoms. The maximum Gasteiger partial charge on any atom is 0.229 e. The Morgan fingerprint density at radius 3 is 2.72 bits per heavy atom. The molecule has 0 radical (unpaired) electrons. The van der Waals surface area contributed by atoms with Gasteiger partial charge in [0.2, 0.25) is 11.9 Å². The first kappa shape index (κ1) is 21.2. The fraction of sp³-hybridized carbons (Fsp3) is 0.652. The highest BCUT2D eigenvalue weighted by molar-refractivity contribution is 5.78. The number of hydrogen-bond donors (Lipinski definition) is 2. The Bertz CT molecular complexity index is 932. The van der Waals surface area contributed by atoms with Crippen LogP contribution >= 0.6 is 0 Å². The van der Waals surface area contributed by atoms with Gasteiger partial charge in [0.25, 0.3) is 0 Å². The van der Waals surface area contributed by atoms with Crippen molar-refractivity contribution in [2.45, 2.75) is 56.9 Å². The monoisotopic (exact) mass is 438 g/mol. The van der Waals surface area contributed by atoms with Crippen LogP contribution in [0.25, 0.3) is 0 Å². The van der Waals surface area contributed by atoms with Crippen molar-refractivity contribution in [3.63, 3.8) is 0 Å². The lowest BCUT2D eigenvalue weighted by molar-refractivity contribution is -0.127. The fourth-order valence-electron chi connectivity index (χ4n) is 4.69. The zero-order valence-corrected chi connectivity index (χ0v) is 19.0. The number of piperidine rings is 1. The van der Waals surface area contributed by atoms with E-state index in [1.54, 1.807) is 0 Å². The Hall–Kier alpha value is -2.68. The van der Waals surface area contributed by atoms with Crippen molar-refractivity contribution >= 4 is 23.4 Å². The van der Waals surface area contributed by atoms with E-state index in [9.17, 15) is 4.79 Å². The topological polar surface area (TPSA) is 91.2 Å². The third kappa shape index (κ3) is 5.03. The first-order valence-electron chi connectivity index (χ1n) is 12.0. The summed E-state index contributed by atoms with van der Waals surface area (Å²) in [5.74, 6) is 2.37. The Balaban J connectivity index is 1.20. The normalized spacial score (nSPS) is 20.2. The molecule has 2 saturated heterocycles. The number of aromatic nitrogens is 4. The molecule has 9 heteroatoms. The second kappa shape index (κ2) is 9.44. The van der Waals surface area contributed by atoms with Crippen molar-refractivity contribution in [2.24, 2.45) is 0 Å². The zero-order valence-electron chi connectivity index (χ0n) is 19.0. The Labute approximate surface area is 189 Å². The standard InChI is InChI=1S/C23H34N8O/c1-29-12-7-19(8-13-29)31-16-18(14-26-31)27-23-25-15-20(17-5-6-17)22(28-23)24-9-3-11-30-10-2-4-21(30)32/h14-17,19H,2-13H2,1H3,(H2,24,25,27,28). The SMILES string of the molecule is CN1CCC(n2cc(Nc3ncc(C4CC4)c(NCCCN4CCCC4=O)n3)cn2)CC1. The number of rotatable bonds is 9. The molecule has 4 heterocycles. The van der Waals surface area contributed by atoms with Crippen LogP contribution in [0.2, 0.25) is 0 Å². The maximum atomic E-state index is 11.8. The molecule has 5 rings (SSSR count). The summed E-state index contributed by atoms with van der Waals surface area (Å²) in [4.78, 5) is 25.5. The van der Waals surface area contributed by atoms with Crippen LogP contribution in [0.4, 0.5) is 17.5 Å². The molecule has 1 saturated carbocycles. The summed E-state index contributed by atoms with van der Waals surface area (Å²) in [6.07, 6.45) is 13.2. The van der Waals surface area contributed by atoms with Crippen LogP contribution in [0.5, 0.6) is 0 Å². The predicted molar refractivity (Wildman–Crippen MR) is 124 cm³/mol. The molecular formula is C23H34N8O. The van der Waals surface area contributed by atoms with Gasteiger partial charge in [-0.15, -0.1) is 0 Å². The predicted octanol–water partition coefficient (Wildman–Crippen LogP) is 2.99. The largest absolute Gasteiger partial charge is 0.370 e. The second-order valence-corrected chi connectivity index (χ2v) is 9.40. The summed E-state index contributed by atoms with van der Waals surface area (Å²) in [6.45, 7) is 4.74. The van der Waals surface area contributed by atoms with Gasteiger partial charge in [0, 0.05) is 44.0 Å². The first-order chi connectivity index (χ1) is 15.7. The van der Waals surface area contributed by atoms with Crippen molar-refractivity contribution in [1.29, 1.82) is 0 Å². The van der Waals surface area contributed by atoms with Crippen molar-refractivity contribution < 1.29 is 4.79 Å². The van der Waals surface area contributed by atoms with Gasteiger partial charge in [-0.05, 0) is 64.6 Å². The number of nitrogens with one attached hydrogen (secondary N) is 2. The highest BCUT2D eigenvalue weighted by Gasteiger charge is 2.28. The van der Waals surface area contributed by atoms with E-state index in [4.69, 9.17) is 4.98 Å². The summed E-state index contributed by atoms with van der Waals surface area (Å²) >= 11 is 0. The third-order valence-electron chi connectivity index (χ3n) is 6.82. The molecule has 2 aromatic rings. The molecule has 9 nitrogen and oxygen atoms in total. The molecule has 0 aromatic carbocycles. The summed E-state index contributed by atoms with van der Waals surface area (Å²) in [5, 5.41) is 11.4. The lowest BCUT2D eigenvalue weighted by atomic mass is 10.1. The van der Waals surface area contributed by atoms with Crippen molar-refractivity contribution in [3.05, 3.63) is 24.2 Å². The van der Waals surface area contributed by atoms with Gasteiger partial charge in [0.1, 0.15) is 5.82 Å². The molecule has 3 fully saturated rings. The molecular weight excluding hydrogens is 404 g/mol. The van der Waals surface area contributed by atoms with Gasteiger partial charge < -0.3 is 20.4 Å². The molecule has 2 aromatic heterocycles. The van der Waals surface area contributed by atoms with E-state index < -0.39 is 0 Å². The molecule has 0 atom stereocenters. The molecule has 2 aliphatic heterocycles. The molecule has 172 valence electrons. The van der Waals surface area contributed by atoms with E-state index in [2.05, 4.69) is 43.5 Å². The van der Waals surface area contributed by atoms with Gasteiger partial charge in [-0.2, -0.15) is 10.1 Å². The minimum Gasteiger partial charge on any atom is -0.370 e. The summed E-state index contributed by atoms with van der Waals surface area (Å²) in [6, 6.07) is 0.458. The van der Waals surface area contributed by atoms with E-state index in [1.165, 1.54) is 18.4 Å². The Morgan fingerprint density at radius 1 is 1.12 bits per heavy atom. The quantitative estimate of drug-likeness (QED) is 0.582. The number of amides is 1. The molecule has 1 amide bonds. The van der Waals surface area contributed by atoms with Crippen LogP contribution in [0, 0.1) is 0 Å². The molecule has 0 spiro atoms. The van der Waals surface area contributed by atoms with Crippen LogP contribution in [-0.2, 0) is 4.79 Å². The number of likely N-dealkylation sites (tertiary alicyclic amines) is 2. The van der Waals surface area contributed by atoms with E-state index >= 15 is 0 Å². The number of hydrogen-bond acceptors (Lipinski definition) is 7. The molecule has 3 aliphatic rings.